The van der Waals surface area contributed by atoms with Crippen molar-refractivity contribution in [1.82, 2.24) is 0 Å². The molecule has 1 aliphatic heterocycles. The zero-order chi connectivity index (χ0) is 17.3. The Balaban J connectivity index is 2.19. The quantitative estimate of drug-likeness (QED) is 0.487. The summed E-state index contributed by atoms with van der Waals surface area (Å²) in [6.45, 7) is 16.4. The first-order chi connectivity index (χ1) is 10.7. The standard InChI is InChI=1S/C21H32OSi/c1-16(2)23(17(3)4,18(5)6)14-10-13-21(7)15-19-11-8-9-12-20(19)22-21/h8-9,11-12,16-18H,13,15H2,1-7H3. The summed E-state index contributed by atoms with van der Waals surface area (Å²) in [5.41, 5.74) is 7.03. The van der Waals surface area contributed by atoms with Crippen LogP contribution in [0.5, 0.6) is 5.75 Å². The van der Waals surface area contributed by atoms with Gasteiger partial charge >= 0.3 is 0 Å². The van der Waals surface area contributed by atoms with E-state index in [1.54, 1.807) is 0 Å². The predicted molar refractivity (Wildman–Crippen MR) is 103 cm³/mol. The van der Waals surface area contributed by atoms with Crippen LogP contribution in [-0.2, 0) is 6.42 Å². The van der Waals surface area contributed by atoms with Gasteiger partial charge in [0.25, 0.3) is 0 Å². The molecule has 1 unspecified atom stereocenters. The van der Waals surface area contributed by atoms with Crippen LogP contribution in [0.25, 0.3) is 0 Å². The minimum absolute atomic E-state index is 0.165. The summed E-state index contributed by atoms with van der Waals surface area (Å²) in [4.78, 5) is 0. The molecule has 2 heteroatoms. The molecule has 0 saturated carbocycles. The van der Waals surface area contributed by atoms with E-state index in [0.717, 1.165) is 18.6 Å². The Morgan fingerprint density at radius 3 is 2.13 bits per heavy atom. The highest BCUT2D eigenvalue weighted by Crippen LogP contribution is 2.41. The van der Waals surface area contributed by atoms with Crippen molar-refractivity contribution in [3.63, 3.8) is 0 Å². The van der Waals surface area contributed by atoms with Crippen molar-refractivity contribution in [2.24, 2.45) is 0 Å². The molecule has 0 bridgehead atoms. The van der Waals surface area contributed by atoms with Gasteiger partial charge in [0.1, 0.15) is 19.4 Å². The minimum atomic E-state index is -1.63. The first-order valence-corrected chi connectivity index (χ1v) is 11.2. The zero-order valence-corrected chi connectivity index (χ0v) is 16.9. The van der Waals surface area contributed by atoms with Crippen molar-refractivity contribution in [1.29, 1.82) is 0 Å². The van der Waals surface area contributed by atoms with E-state index >= 15 is 0 Å². The van der Waals surface area contributed by atoms with E-state index < -0.39 is 8.07 Å². The number of benzene rings is 1. The molecule has 1 heterocycles. The van der Waals surface area contributed by atoms with Gasteiger partial charge in [-0.3, -0.25) is 0 Å². The Bertz CT molecular complexity index is 557. The van der Waals surface area contributed by atoms with Crippen LogP contribution in [0.1, 0.15) is 60.5 Å². The lowest BCUT2D eigenvalue weighted by atomic mass is 9.96. The van der Waals surface area contributed by atoms with E-state index in [2.05, 4.69) is 78.1 Å². The fourth-order valence-electron chi connectivity index (χ4n) is 4.37. The van der Waals surface area contributed by atoms with Crippen LogP contribution in [-0.4, -0.2) is 13.7 Å². The number of ether oxygens (including phenoxy) is 1. The second-order valence-electron chi connectivity index (χ2n) is 8.21. The molecule has 1 aromatic rings. The highest BCUT2D eigenvalue weighted by Gasteiger charge is 2.42. The third-order valence-electron chi connectivity index (χ3n) is 5.53. The molecule has 1 aliphatic rings. The highest BCUT2D eigenvalue weighted by atomic mass is 28.3. The van der Waals surface area contributed by atoms with Crippen LogP contribution >= 0.6 is 0 Å². The van der Waals surface area contributed by atoms with Crippen LogP contribution in [0.2, 0.25) is 16.6 Å². The average Bonchev–Trinajstić information content (AvgIpc) is 2.78. The lowest BCUT2D eigenvalue weighted by Crippen LogP contribution is -2.43. The summed E-state index contributed by atoms with van der Waals surface area (Å²) < 4.78 is 6.20. The second-order valence-corrected chi connectivity index (χ2v) is 13.8. The number of para-hydroxylation sites is 1. The SMILES string of the molecule is CC(C)[Si](C#CCC1(C)Cc2ccccc2O1)(C(C)C)C(C)C. The third kappa shape index (κ3) is 3.50. The molecule has 0 N–H and O–H groups in total. The van der Waals surface area contributed by atoms with Crippen molar-refractivity contribution in [3.05, 3.63) is 29.8 Å². The molecule has 0 aliphatic carbocycles. The summed E-state index contributed by atoms with van der Waals surface area (Å²) in [6, 6.07) is 8.38. The lowest BCUT2D eigenvalue weighted by molar-refractivity contribution is 0.122. The Kier molecular flexibility index (Phi) is 5.31. The molecule has 0 amide bonds. The van der Waals surface area contributed by atoms with Gasteiger partial charge in [0.2, 0.25) is 0 Å². The average molecular weight is 329 g/mol. The molecule has 1 nitrogen and oxygen atoms in total. The summed E-state index contributed by atoms with van der Waals surface area (Å²) in [5, 5.41) is 0. The summed E-state index contributed by atoms with van der Waals surface area (Å²) >= 11 is 0. The van der Waals surface area contributed by atoms with Gasteiger partial charge in [0.05, 0.1) is 0 Å². The Morgan fingerprint density at radius 2 is 1.61 bits per heavy atom. The van der Waals surface area contributed by atoms with E-state index in [1.807, 2.05) is 6.07 Å². The van der Waals surface area contributed by atoms with Crippen LogP contribution < -0.4 is 4.74 Å². The first-order valence-electron chi connectivity index (χ1n) is 8.98. The molecule has 1 aromatic carbocycles. The summed E-state index contributed by atoms with van der Waals surface area (Å²) in [7, 11) is -1.63. The van der Waals surface area contributed by atoms with Gasteiger partial charge in [0, 0.05) is 12.8 Å². The van der Waals surface area contributed by atoms with E-state index in [1.165, 1.54) is 5.56 Å². The summed E-state index contributed by atoms with van der Waals surface area (Å²) in [6.07, 6.45) is 1.79. The van der Waals surface area contributed by atoms with Crippen molar-refractivity contribution in [2.45, 2.75) is 83.5 Å². The van der Waals surface area contributed by atoms with Crippen LogP contribution in [0.15, 0.2) is 24.3 Å². The minimum Gasteiger partial charge on any atom is -0.486 e. The summed E-state index contributed by atoms with van der Waals surface area (Å²) in [5.74, 6) is 4.61. The fourth-order valence-corrected chi connectivity index (χ4v) is 9.63. The van der Waals surface area contributed by atoms with Crippen molar-refractivity contribution < 1.29 is 4.74 Å². The Hall–Kier alpha value is -1.20. The molecule has 0 saturated heterocycles. The lowest BCUT2D eigenvalue weighted by Gasteiger charge is -2.38. The molecule has 126 valence electrons. The smallest absolute Gasteiger partial charge is 0.145 e. The van der Waals surface area contributed by atoms with Crippen LogP contribution in [0, 0.1) is 11.5 Å². The van der Waals surface area contributed by atoms with E-state index in [9.17, 15) is 0 Å². The van der Waals surface area contributed by atoms with Crippen LogP contribution in [0.4, 0.5) is 0 Å². The normalized spacial score (nSPS) is 20.4. The first kappa shape index (κ1) is 18.1. The van der Waals surface area contributed by atoms with E-state index in [-0.39, 0.29) is 5.60 Å². The molecule has 0 spiro atoms. The van der Waals surface area contributed by atoms with Crippen molar-refractivity contribution in [3.8, 4) is 17.2 Å². The molecule has 2 rings (SSSR count). The maximum atomic E-state index is 6.20. The number of hydrogen-bond acceptors (Lipinski definition) is 1. The number of hydrogen-bond donors (Lipinski definition) is 0. The van der Waals surface area contributed by atoms with Gasteiger partial charge in [-0.2, -0.15) is 0 Å². The van der Waals surface area contributed by atoms with Gasteiger partial charge in [-0.25, -0.2) is 0 Å². The van der Waals surface area contributed by atoms with Gasteiger partial charge < -0.3 is 4.74 Å². The van der Waals surface area contributed by atoms with Gasteiger partial charge in [-0.1, -0.05) is 59.7 Å². The van der Waals surface area contributed by atoms with E-state index in [4.69, 9.17) is 4.74 Å². The molecule has 0 aromatic heterocycles. The maximum Gasteiger partial charge on any atom is 0.145 e. The fraction of sp³-hybridized carbons (Fsp3) is 0.619. The van der Waals surface area contributed by atoms with Crippen molar-refractivity contribution >= 4 is 8.07 Å². The molecule has 0 radical (unpaired) electrons. The molecular formula is C21H32OSi. The van der Waals surface area contributed by atoms with Gasteiger partial charge in [0.15, 0.2) is 0 Å². The monoisotopic (exact) mass is 328 g/mol. The second kappa shape index (κ2) is 6.73. The predicted octanol–water partition coefficient (Wildman–Crippen LogP) is 5.99. The van der Waals surface area contributed by atoms with Crippen LogP contribution in [0.3, 0.4) is 0 Å². The number of fused-ring (bicyclic) bond motifs is 1. The third-order valence-corrected chi connectivity index (χ3v) is 11.9. The zero-order valence-electron chi connectivity index (χ0n) is 15.9. The molecule has 0 fully saturated rings. The molecular weight excluding hydrogens is 296 g/mol. The maximum absolute atomic E-state index is 6.20. The number of rotatable bonds is 4. The highest BCUT2D eigenvalue weighted by molar-refractivity contribution is 6.90. The van der Waals surface area contributed by atoms with Gasteiger partial charge in [-0.15, -0.1) is 11.5 Å². The topological polar surface area (TPSA) is 9.23 Å². The van der Waals surface area contributed by atoms with Crippen molar-refractivity contribution in [2.75, 3.05) is 0 Å². The van der Waals surface area contributed by atoms with Gasteiger partial charge in [-0.05, 0) is 35.2 Å². The van der Waals surface area contributed by atoms with E-state index in [0.29, 0.717) is 16.6 Å². The molecule has 1 atom stereocenters. The largest absolute Gasteiger partial charge is 0.486 e. The Labute approximate surface area is 143 Å². The Morgan fingerprint density at radius 1 is 1.04 bits per heavy atom. The molecule has 23 heavy (non-hydrogen) atoms.